The van der Waals surface area contributed by atoms with Gasteiger partial charge in [-0.05, 0) is 42.8 Å². The van der Waals surface area contributed by atoms with E-state index in [1.807, 2.05) is 42.8 Å². The van der Waals surface area contributed by atoms with Crippen molar-refractivity contribution in [2.75, 3.05) is 40.3 Å². The van der Waals surface area contributed by atoms with E-state index in [4.69, 9.17) is 4.98 Å². The molecule has 3 aromatic rings. The summed E-state index contributed by atoms with van der Waals surface area (Å²) in [7, 11) is 1.95. The van der Waals surface area contributed by atoms with Crippen LogP contribution in [-0.2, 0) is 23.6 Å². The Morgan fingerprint density at radius 2 is 1.78 bits per heavy atom. The van der Waals surface area contributed by atoms with Crippen molar-refractivity contribution in [3.05, 3.63) is 59.4 Å². The number of aryl methyl sites for hydroxylation is 2. The Hall–Kier alpha value is -2.75. The van der Waals surface area contributed by atoms with Crippen molar-refractivity contribution in [3.8, 4) is 0 Å². The van der Waals surface area contributed by atoms with E-state index in [-0.39, 0.29) is 5.91 Å². The van der Waals surface area contributed by atoms with E-state index < -0.39 is 10.0 Å². The Kier molecular flexibility index (Phi) is 6.07. The molecule has 1 aliphatic rings. The minimum Gasteiger partial charge on any atom is -0.345 e. The van der Waals surface area contributed by atoms with Gasteiger partial charge in [-0.1, -0.05) is 12.1 Å². The molecule has 2 aromatic carbocycles. The SMILES string of the molecule is Cc1cccc(S(=O)(=O)N2CCN(Cc3nc4cc(C(=O)N(C)C)ccc4n3C)CC2)c1. The highest BCUT2D eigenvalue weighted by Gasteiger charge is 2.29. The Bertz CT molecular complexity index is 1260. The molecule has 1 fully saturated rings. The number of nitrogens with zero attached hydrogens (tertiary/aromatic N) is 5. The first-order valence-corrected chi connectivity index (χ1v) is 12.1. The lowest BCUT2D eigenvalue weighted by molar-refractivity contribution is 0.0827. The quantitative estimate of drug-likeness (QED) is 0.589. The van der Waals surface area contributed by atoms with E-state index in [1.54, 1.807) is 41.5 Å². The van der Waals surface area contributed by atoms with Gasteiger partial charge in [0.1, 0.15) is 5.82 Å². The Balaban J connectivity index is 1.46. The molecule has 1 saturated heterocycles. The molecule has 1 aromatic heterocycles. The number of hydrogen-bond acceptors (Lipinski definition) is 5. The Morgan fingerprint density at radius 3 is 2.44 bits per heavy atom. The second-order valence-electron chi connectivity index (χ2n) is 8.49. The summed E-state index contributed by atoms with van der Waals surface area (Å²) < 4.78 is 29.5. The standard InChI is InChI=1S/C23H29N5O3S/c1-17-6-5-7-19(14-17)32(30,31)28-12-10-27(11-13-28)16-22-24-20-15-18(23(29)25(2)3)8-9-21(20)26(22)4/h5-9,14-15H,10-13,16H2,1-4H3. The van der Waals surface area contributed by atoms with E-state index in [0.717, 1.165) is 22.4 Å². The summed E-state index contributed by atoms with van der Waals surface area (Å²) >= 11 is 0. The average Bonchev–Trinajstić information content (AvgIpc) is 3.08. The first kappa shape index (κ1) is 22.4. The van der Waals surface area contributed by atoms with Crippen molar-refractivity contribution in [1.29, 1.82) is 0 Å². The zero-order valence-corrected chi connectivity index (χ0v) is 19.8. The summed E-state index contributed by atoms with van der Waals surface area (Å²) in [5, 5.41) is 0. The number of benzene rings is 2. The maximum Gasteiger partial charge on any atom is 0.253 e. The molecule has 0 radical (unpaired) electrons. The van der Waals surface area contributed by atoms with Crippen LogP contribution in [0.1, 0.15) is 21.7 Å². The number of fused-ring (bicyclic) bond motifs is 1. The molecule has 2 heterocycles. The fourth-order valence-corrected chi connectivity index (χ4v) is 5.56. The lowest BCUT2D eigenvalue weighted by atomic mass is 10.2. The van der Waals surface area contributed by atoms with Crippen LogP contribution < -0.4 is 0 Å². The number of rotatable bonds is 5. The number of sulfonamides is 1. The molecule has 32 heavy (non-hydrogen) atoms. The van der Waals surface area contributed by atoms with E-state index in [9.17, 15) is 13.2 Å². The van der Waals surface area contributed by atoms with Crippen molar-refractivity contribution in [2.24, 2.45) is 7.05 Å². The number of hydrogen-bond donors (Lipinski definition) is 0. The Morgan fingerprint density at radius 1 is 1.06 bits per heavy atom. The zero-order valence-electron chi connectivity index (χ0n) is 18.9. The van der Waals surface area contributed by atoms with Crippen LogP contribution in [0, 0.1) is 6.92 Å². The fourth-order valence-electron chi connectivity index (χ4n) is 4.04. The smallest absolute Gasteiger partial charge is 0.253 e. The van der Waals surface area contributed by atoms with E-state index in [2.05, 4.69) is 4.90 Å². The number of aromatic nitrogens is 2. The minimum absolute atomic E-state index is 0.0509. The summed E-state index contributed by atoms with van der Waals surface area (Å²) in [6.45, 7) is 4.69. The maximum absolute atomic E-state index is 13.0. The van der Waals surface area contributed by atoms with Gasteiger partial charge in [0.05, 0.1) is 22.5 Å². The molecule has 0 spiro atoms. The maximum atomic E-state index is 13.0. The van der Waals surface area contributed by atoms with Crippen molar-refractivity contribution >= 4 is 27.0 Å². The molecule has 1 amide bonds. The van der Waals surface area contributed by atoms with Crippen molar-refractivity contribution < 1.29 is 13.2 Å². The van der Waals surface area contributed by atoms with Gasteiger partial charge in [-0.2, -0.15) is 4.31 Å². The van der Waals surface area contributed by atoms with Gasteiger partial charge >= 0.3 is 0 Å². The number of piperazine rings is 1. The van der Waals surface area contributed by atoms with Crippen LogP contribution in [0.4, 0.5) is 0 Å². The first-order valence-electron chi connectivity index (χ1n) is 10.6. The lowest BCUT2D eigenvalue weighted by Gasteiger charge is -2.33. The van der Waals surface area contributed by atoms with E-state index in [1.165, 1.54) is 0 Å². The molecule has 0 saturated carbocycles. The molecule has 1 aliphatic heterocycles. The number of carbonyl (C=O) groups is 1. The molecule has 0 atom stereocenters. The van der Waals surface area contributed by atoms with Crippen LogP contribution in [0.15, 0.2) is 47.4 Å². The van der Waals surface area contributed by atoms with Gasteiger partial charge in [0.15, 0.2) is 0 Å². The third-order valence-corrected chi connectivity index (χ3v) is 7.84. The van der Waals surface area contributed by atoms with Crippen molar-refractivity contribution in [1.82, 2.24) is 23.7 Å². The summed E-state index contributed by atoms with van der Waals surface area (Å²) in [4.78, 5) is 21.1. The van der Waals surface area contributed by atoms with Gasteiger partial charge in [-0.25, -0.2) is 13.4 Å². The lowest BCUT2D eigenvalue weighted by Crippen LogP contribution is -2.48. The van der Waals surface area contributed by atoms with E-state index in [0.29, 0.717) is 43.2 Å². The molecule has 0 N–H and O–H groups in total. The zero-order chi connectivity index (χ0) is 23.0. The average molecular weight is 456 g/mol. The third kappa shape index (κ3) is 4.28. The number of amides is 1. The fraction of sp³-hybridized carbons (Fsp3) is 0.391. The van der Waals surface area contributed by atoms with E-state index >= 15 is 0 Å². The predicted octanol–water partition coefficient (Wildman–Crippen LogP) is 2.09. The highest BCUT2D eigenvalue weighted by atomic mass is 32.2. The highest BCUT2D eigenvalue weighted by molar-refractivity contribution is 7.89. The molecule has 9 heteroatoms. The molecule has 4 rings (SSSR count). The second kappa shape index (κ2) is 8.65. The predicted molar refractivity (Wildman–Crippen MR) is 124 cm³/mol. The van der Waals surface area contributed by atoms with Crippen LogP contribution in [-0.4, -0.2) is 78.3 Å². The second-order valence-corrected chi connectivity index (χ2v) is 10.4. The normalized spacial score (nSPS) is 15.9. The molecule has 8 nitrogen and oxygen atoms in total. The van der Waals surface area contributed by atoms with Crippen LogP contribution in [0.25, 0.3) is 11.0 Å². The number of imidazole rings is 1. The summed E-state index contributed by atoms with van der Waals surface area (Å²) in [6.07, 6.45) is 0. The molecule has 0 bridgehead atoms. The minimum atomic E-state index is -3.48. The van der Waals surface area contributed by atoms with Gasteiger partial charge in [0.2, 0.25) is 10.0 Å². The van der Waals surface area contributed by atoms with Gasteiger partial charge in [0.25, 0.3) is 5.91 Å². The topological polar surface area (TPSA) is 78.8 Å². The van der Waals surface area contributed by atoms with Crippen LogP contribution >= 0.6 is 0 Å². The number of carbonyl (C=O) groups excluding carboxylic acids is 1. The molecule has 170 valence electrons. The summed E-state index contributed by atoms with van der Waals surface area (Å²) in [5.74, 6) is 0.842. The highest BCUT2D eigenvalue weighted by Crippen LogP contribution is 2.21. The van der Waals surface area contributed by atoms with Crippen molar-refractivity contribution in [2.45, 2.75) is 18.4 Å². The third-order valence-electron chi connectivity index (χ3n) is 5.95. The van der Waals surface area contributed by atoms with Crippen molar-refractivity contribution in [3.63, 3.8) is 0 Å². The van der Waals surface area contributed by atoms with Gasteiger partial charge in [-0.15, -0.1) is 0 Å². The monoisotopic (exact) mass is 455 g/mol. The Labute approximate surface area is 189 Å². The van der Waals surface area contributed by atoms with Gasteiger partial charge in [-0.3, -0.25) is 9.69 Å². The molecule has 0 aliphatic carbocycles. The molecule has 0 unspecified atom stereocenters. The largest absolute Gasteiger partial charge is 0.345 e. The van der Waals surface area contributed by atoms with Crippen LogP contribution in [0.2, 0.25) is 0 Å². The summed E-state index contributed by atoms with van der Waals surface area (Å²) in [6, 6.07) is 12.6. The molecular formula is C23H29N5O3S. The van der Waals surface area contributed by atoms with Gasteiger partial charge in [0, 0.05) is 52.9 Å². The summed E-state index contributed by atoms with van der Waals surface area (Å²) in [5.41, 5.74) is 3.30. The van der Waals surface area contributed by atoms with Gasteiger partial charge < -0.3 is 9.47 Å². The van der Waals surface area contributed by atoms with Crippen LogP contribution in [0.5, 0.6) is 0 Å². The molecular weight excluding hydrogens is 426 g/mol. The van der Waals surface area contributed by atoms with Crippen LogP contribution in [0.3, 0.4) is 0 Å². The first-order chi connectivity index (χ1) is 15.2.